The summed E-state index contributed by atoms with van der Waals surface area (Å²) >= 11 is 0. The van der Waals surface area contributed by atoms with E-state index < -0.39 is 0 Å². The monoisotopic (exact) mass is 445 g/mol. The highest BCUT2D eigenvalue weighted by Gasteiger charge is 2.29. The number of hydrogen-bond donors (Lipinski definition) is 1. The van der Waals surface area contributed by atoms with Gasteiger partial charge in [-0.05, 0) is 44.7 Å². The third kappa shape index (κ3) is 4.18. The van der Waals surface area contributed by atoms with Gasteiger partial charge in [-0.25, -0.2) is 4.98 Å². The molecule has 1 fully saturated rings. The summed E-state index contributed by atoms with van der Waals surface area (Å²) in [6, 6.07) is 8.11. The number of nitrogens with zero attached hydrogens (tertiary/aromatic N) is 6. The molecule has 0 radical (unpaired) electrons. The van der Waals surface area contributed by atoms with Crippen LogP contribution in [0.5, 0.6) is 0 Å². The van der Waals surface area contributed by atoms with E-state index in [4.69, 9.17) is 4.52 Å². The fourth-order valence-electron chi connectivity index (χ4n) is 4.08. The molecule has 0 spiro atoms. The molecule has 4 aromatic rings. The first kappa shape index (κ1) is 21.1. The average molecular weight is 446 g/mol. The summed E-state index contributed by atoms with van der Waals surface area (Å²) in [4.78, 5) is 23.8. The number of pyridine rings is 1. The second-order valence-corrected chi connectivity index (χ2v) is 9.46. The number of nitrogens with one attached hydrogen (secondary N) is 1. The zero-order valence-corrected chi connectivity index (χ0v) is 19.2. The molecule has 0 bridgehead atoms. The predicted molar refractivity (Wildman–Crippen MR) is 125 cm³/mol. The van der Waals surface area contributed by atoms with Gasteiger partial charge in [-0.2, -0.15) is 10.1 Å². The van der Waals surface area contributed by atoms with Crippen molar-refractivity contribution in [1.29, 1.82) is 0 Å². The first-order valence-corrected chi connectivity index (χ1v) is 11.1. The number of carbonyl (C=O) groups is 1. The number of carbonyl (C=O) groups excluding carboxylic acids is 1. The Morgan fingerprint density at radius 3 is 2.82 bits per heavy atom. The minimum atomic E-state index is -0.160. The molecule has 0 aliphatic carbocycles. The number of hydrogen-bond acceptors (Lipinski definition) is 7. The topological polar surface area (TPSA) is 102 Å². The van der Waals surface area contributed by atoms with Gasteiger partial charge in [0.25, 0.3) is 5.91 Å². The van der Waals surface area contributed by atoms with Gasteiger partial charge in [0, 0.05) is 49.4 Å². The molecule has 1 aromatic carbocycles. The van der Waals surface area contributed by atoms with Gasteiger partial charge in [0.1, 0.15) is 5.82 Å². The number of rotatable bonds is 4. The van der Waals surface area contributed by atoms with Crippen LogP contribution in [0.2, 0.25) is 0 Å². The molecule has 9 heteroatoms. The second kappa shape index (κ2) is 7.99. The molecule has 1 aliphatic heterocycles. The molecule has 5 rings (SSSR count). The van der Waals surface area contributed by atoms with Crippen LogP contribution in [0.4, 0.5) is 5.82 Å². The van der Waals surface area contributed by atoms with Crippen molar-refractivity contribution >= 4 is 22.5 Å². The van der Waals surface area contributed by atoms with Crippen LogP contribution in [-0.4, -0.2) is 54.8 Å². The second-order valence-electron chi connectivity index (χ2n) is 9.46. The van der Waals surface area contributed by atoms with E-state index in [0.717, 1.165) is 28.6 Å². The van der Waals surface area contributed by atoms with Crippen LogP contribution < -0.4 is 5.32 Å². The maximum absolute atomic E-state index is 13.0. The molecular weight excluding hydrogens is 418 g/mol. The molecule has 1 saturated heterocycles. The normalized spacial score (nSPS) is 16.5. The highest BCUT2D eigenvalue weighted by Crippen LogP contribution is 2.28. The van der Waals surface area contributed by atoms with Crippen LogP contribution in [0.25, 0.3) is 22.2 Å². The average Bonchev–Trinajstić information content (AvgIpc) is 3.54. The van der Waals surface area contributed by atoms with Crippen LogP contribution >= 0.6 is 0 Å². The van der Waals surface area contributed by atoms with Gasteiger partial charge in [-0.15, -0.1) is 0 Å². The van der Waals surface area contributed by atoms with Gasteiger partial charge < -0.3 is 14.7 Å². The molecule has 9 nitrogen and oxygen atoms in total. The van der Waals surface area contributed by atoms with Gasteiger partial charge >= 0.3 is 0 Å². The molecule has 0 saturated carbocycles. The van der Waals surface area contributed by atoms with Crippen molar-refractivity contribution in [1.82, 2.24) is 29.8 Å². The van der Waals surface area contributed by atoms with Crippen molar-refractivity contribution in [3.05, 3.63) is 54.3 Å². The van der Waals surface area contributed by atoms with Crippen molar-refractivity contribution in [2.24, 2.45) is 0 Å². The van der Waals surface area contributed by atoms with Crippen LogP contribution in [0.15, 0.2) is 47.4 Å². The maximum atomic E-state index is 13.0. The lowest BCUT2D eigenvalue weighted by Crippen LogP contribution is -2.31. The Bertz CT molecular complexity index is 1320. The molecule has 3 aromatic heterocycles. The Morgan fingerprint density at radius 2 is 2.09 bits per heavy atom. The smallest absolute Gasteiger partial charge is 0.257 e. The zero-order valence-electron chi connectivity index (χ0n) is 19.2. The third-order valence-corrected chi connectivity index (χ3v) is 5.89. The summed E-state index contributed by atoms with van der Waals surface area (Å²) in [6.07, 6.45) is 6.13. The van der Waals surface area contributed by atoms with Crippen LogP contribution in [0.3, 0.4) is 0 Å². The van der Waals surface area contributed by atoms with Crippen molar-refractivity contribution in [3.8, 4) is 11.4 Å². The minimum Gasteiger partial charge on any atom is -0.365 e. The Hall–Kier alpha value is -3.75. The quantitative estimate of drug-likeness (QED) is 0.509. The number of fused-ring (bicyclic) bond motifs is 1. The van der Waals surface area contributed by atoms with E-state index >= 15 is 0 Å². The molecule has 1 amide bonds. The number of likely N-dealkylation sites (tertiary alicyclic amines) is 1. The fraction of sp³-hybridized carbons (Fsp3) is 0.375. The first-order chi connectivity index (χ1) is 15.8. The summed E-state index contributed by atoms with van der Waals surface area (Å²) in [6.45, 7) is 9.26. The maximum Gasteiger partial charge on any atom is 0.257 e. The minimum absolute atomic E-state index is 0.00967. The van der Waals surface area contributed by atoms with Crippen molar-refractivity contribution in [2.45, 2.75) is 45.7 Å². The van der Waals surface area contributed by atoms with Gasteiger partial charge in [0.05, 0.1) is 17.3 Å². The fourth-order valence-corrected chi connectivity index (χ4v) is 4.08. The zero-order chi connectivity index (χ0) is 23.2. The Balaban J connectivity index is 1.33. The molecule has 1 atom stereocenters. The molecular formula is C24H27N7O2. The van der Waals surface area contributed by atoms with Crippen molar-refractivity contribution in [2.75, 3.05) is 18.4 Å². The first-order valence-electron chi connectivity index (χ1n) is 11.1. The predicted octanol–water partition coefficient (Wildman–Crippen LogP) is 3.87. The molecule has 170 valence electrons. The largest absolute Gasteiger partial charge is 0.365 e. The highest BCUT2D eigenvalue weighted by molar-refractivity contribution is 5.95. The lowest BCUT2D eigenvalue weighted by atomic mass is 10.1. The summed E-state index contributed by atoms with van der Waals surface area (Å²) in [5.41, 5.74) is 1.33. The lowest BCUT2D eigenvalue weighted by molar-refractivity contribution is 0.0791. The number of aryl methyl sites for hydroxylation is 1. The Morgan fingerprint density at radius 1 is 1.24 bits per heavy atom. The van der Waals surface area contributed by atoms with Crippen molar-refractivity contribution < 1.29 is 9.32 Å². The van der Waals surface area contributed by atoms with E-state index in [1.165, 1.54) is 0 Å². The van der Waals surface area contributed by atoms with E-state index in [0.29, 0.717) is 30.4 Å². The van der Waals surface area contributed by atoms with Crippen LogP contribution in [-0.2, 0) is 5.54 Å². The molecule has 1 aliphatic rings. The van der Waals surface area contributed by atoms with Crippen LogP contribution in [0.1, 0.15) is 43.4 Å². The third-order valence-electron chi connectivity index (χ3n) is 5.89. The molecule has 1 N–H and O–H groups in total. The van der Waals surface area contributed by atoms with E-state index in [2.05, 4.69) is 46.3 Å². The number of benzene rings is 1. The van der Waals surface area contributed by atoms with Gasteiger partial charge in [-0.3, -0.25) is 9.48 Å². The summed E-state index contributed by atoms with van der Waals surface area (Å²) < 4.78 is 6.95. The van der Waals surface area contributed by atoms with E-state index in [1.54, 1.807) is 19.3 Å². The van der Waals surface area contributed by atoms with Crippen LogP contribution in [0, 0.1) is 6.92 Å². The summed E-state index contributed by atoms with van der Waals surface area (Å²) in [7, 11) is 0. The number of aromatic nitrogens is 5. The standard InChI is InChI=1S/C24H27N7O2/c1-15-27-21(29-33-15)17-6-5-16-7-9-25-22(20(16)11-17)28-19-8-10-30(14-19)23(32)18-12-26-31(13-18)24(2,3)4/h5-7,9,11-13,19H,8,10,14H2,1-4H3,(H,25,28). The van der Waals surface area contributed by atoms with E-state index in [1.807, 2.05) is 40.0 Å². The highest BCUT2D eigenvalue weighted by atomic mass is 16.5. The SMILES string of the molecule is Cc1nc(-c2ccc3ccnc(NC4CCN(C(=O)c5cnn(C(C)(C)C)c5)C4)c3c2)no1. The Kier molecular flexibility index (Phi) is 5.11. The van der Waals surface area contributed by atoms with Gasteiger partial charge in [0.2, 0.25) is 11.7 Å². The Labute approximate surface area is 191 Å². The van der Waals surface area contributed by atoms with E-state index in [-0.39, 0.29) is 17.5 Å². The summed E-state index contributed by atoms with van der Waals surface area (Å²) in [5, 5.41) is 14.0. The number of amides is 1. The lowest BCUT2D eigenvalue weighted by Gasteiger charge is -2.19. The van der Waals surface area contributed by atoms with Gasteiger partial charge in [-0.1, -0.05) is 17.3 Å². The number of anilines is 1. The molecule has 4 heterocycles. The molecule has 33 heavy (non-hydrogen) atoms. The summed E-state index contributed by atoms with van der Waals surface area (Å²) in [5.74, 6) is 1.88. The molecule has 1 unspecified atom stereocenters. The van der Waals surface area contributed by atoms with Crippen molar-refractivity contribution in [3.63, 3.8) is 0 Å². The van der Waals surface area contributed by atoms with Gasteiger partial charge in [0.15, 0.2) is 0 Å². The van der Waals surface area contributed by atoms with E-state index in [9.17, 15) is 4.79 Å².